The fraction of sp³-hybridized carbons (Fsp3) is 0.182. The van der Waals surface area contributed by atoms with Crippen LogP contribution in [-0.4, -0.2) is 57.2 Å². The maximum absolute atomic E-state index is 11.9. The van der Waals surface area contributed by atoms with E-state index >= 15 is 0 Å². The third-order valence-corrected chi connectivity index (χ3v) is 5.71. The number of ether oxygens (including phenoxy) is 1. The Morgan fingerprint density at radius 3 is 2.77 bits per heavy atom. The van der Waals surface area contributed by atoms with E-state index in [-0.39, 0.29) is 5.91 Å². The molecule has 0 spiro atoms. The van der Waals surface area contributed by atoms with Gasteiger partial charge in [-0.2, -0.15) is 5.10 Å². The Balaban J connectivity index is 1.50. The number of anilines is 1. The summed E-state index contributed by atoms with van der Waals surface area (Å²) in [5.74, 6) is 1.87. The zero-order chi connectivity index (χ0) is 21.4. The first-order valence-corrected chi connectivity index (χ1v) is 10.2. The van der Waals surface area contributed by atoms with Gasteiger partial charge in [0, 0.05) is 31.6 Å². The molecule has 0 atom stereocenters. The van der Waals surface area contributed by atoms with Crippen LogP contribution in [-0.2, 0) is 4.79 Å². The molecule has 0 aliphatic carbocycles. The third-order valence-electron chi connectivity index (χ3n) is 5.41. The second-order valence-electron chi connectivity index (χ2n) is 7.18. The first-order valence-electron chi connectivity index (χ1n) is 9.85. The standard InChI is InChI=1S/C22H19ClN6O2/c1-2-19(30)28-8-10-29(11-9-28)22-14-4-3-5-18(20(14)24-13-25-22)31-21-15-12-26-27-17(15)7-6-16(21)23/h2-7,12-13H,1,8-11H2,(H,26,27). The van der Waals surface area contributed by atoms with Gasteiger partial charge in [-0.15, -0.1) is 0 Å². The van der Waals surface area contributed by atoms with E-state index in [1.165, 1.54) is 12.4 Å². The number of carbonyl (C=O) groups is 1. The highest BCUT2D eigenvalue weighted by Crippen LogP contribution is 2.39. The van der Waals surface area contributed by atoms with E-state index in [2.05, 4.69) is 31.6 Å². The molecule has 0 saturated carbocycles. The van der Waals surface area contributed by atoms with Gasteiger partial charge in [0.15, 0.2) is 11.5 Å². The van der Waals surface area contributed by atoms with E-state index in [4.69, 9.17) is 16.3 Å². The molecule has 5 rings (SSSR count). The number of fused-ring (bicyclic) bond motifs is 2. The lowest BCUT2D eigenvalue weighted by atomic mass is 10.2. The molecule has 3 heterocycles. The largest absolute Gasteiger partial charge is 0.453 e. The Morgan fingerprint density at radius 2 is 1.97 bits per heavy atom. The number of halogens is 1. The van der Waals surface area contributed by atoms with Crippen LogP contribution in [0.15, 0.2) is 55.5 Å². The van der Waals surface area contributed by atoms with Crippen molar-refractivity contribution in [3.05, 3.63) is 60.5 Å². The fourth-order valence-electron chi connectivity index (χ4n) is 3.83. The van der Waals surface area contributed by atoms with Gasteiger partial charge in [-0.3, -0.25) is 9.89 Å². The van der Waals surface area contributed by atoms with Crippen molar-refractivity contribution < 1.29 is 9.53 Å². The molecular formula is C22H19ClN6O2. The highest BCUT2D eigenvalue weighted by Gasteiger charge is 2.22. The molecule has 156 valence electrons. The van der Waals surface area contributed by atoms with Gasteiger partial charge in [-0.1, -0.05) is 24.2 Å². The quantitative estimate of drug-likeness (QED) is 0.492. The van der Waals surface area contributed by atoms with Crippen LogP contribution in [0.3, 0.4) is 0 Å². The second-order valence-corrected chi connectivity index (χ2v) is 7.58. The summed E-state index contributed by atoms with van der Waals surface area (Å²) in [7, 11) is 0. The summed E-state index contributed by atoms with van der Waals surface area (Å²) in [6, 6.07) is 9.37. The Bertz CT molecular complexity index is 1300. The van der Waals surface area contributed by atoms with Gasteiger partial charge in [0.05, 0.1) is 22.1 Å². The molecule has 1 aliphatic rings. The zero-order valence-electron chi connectivity index (χ0n) is 16.6. The van der Waals surface area contributed by atoms with E-state index in [0.29, 0.717) is 48.2 Å². The van der Waals surface area contributed by atoms with Gasteiger partial charge < -0.3 is 14.5 Å². The number of nitrogens with one attached hydrogen (secondary N) is 1. The van der Waals surface area contributed by atoms with Gasteiger partial charge in [0.1, 0.15) is 17.7 Å². The van der Waals surface area contributed by atoms with Gasteiger partial charge >= 0.3 is 0 Å². The van der Waals surface area contributed by atoms with Gasteiger partial charge in [0.25, 0.3) is 0 Å². The van der Waals surface area contributed by atoms with E-state index in [0.717, 1.165) is 22.1 Å². The molecule has 1 aliphatic heterocycles. The van der Waals surface area contributed by atoms with Crippen molar-refractivity contribution in [2.75, 3.05) is 31.1 Å². The summed E-state index contributed by atoms with van der Waals surface area (Å²) in [5.41, 5.74) is 1.52. The lowest BCUT2D eigenvalue weighted by Crippen LogP contribution is -2.48. The molecule has 0 bridgehead atoms. The molecule has 31 heavy (non-hydrogen) atoms. The second kappa shape index (κ2) is 7.88. The van der Waals surface area contributed by atoms with Gasteiger partial charge in [-0.25, -0.2) is 9.97 Å². The summed E-state index contributed by atoms with van der Waals surface area (Å²) < 4.78 is 6.23. The molecule has 8 nitrogen and oxygen atoms in total. The number of aromatic nitrogens is 4. The number of hydrogen-bond donors (Lipinski definition) is 1. The highest BCUT2D eigenvalue weighted by molar-refractivity contribution is 6.33. The van der Waals surface area contributed by atoms with Gasteiger partial charge in [-0.05, 0) is 30.3 Å². The summed E-state index contributed by atoms with van der Waals surface area (Å²) in [6.45, 7) is 6.15. The summed E-state index contributed by atoms with van der Waals surface area (Å²) >= 11 is 6.42. The van der Waals surface area contributed by atoms with Crippen molar-refractivity contribution in [2.24, 2.45) is 0 Å². The summed E-state index contributed by atoms with van der Waals surface area (Å²) in [6.07, 6.45) is 4.57. The van der Waals surface area contributed by atoms with E-state index in [1.54, 1.807) is 17.2 Å². The fourth-order valence-corrected chi connectivity index (χ4v) is 4.03. The third kappa shape index (κ3) is 3.44. The highest BCUT2D eigenvalue weighted by atomic mass is 35.5. The van der Waals surface area contributed by atoms with Crippen LogP contribution in [0.25, 0.3) is 21.8 Å². The van der Waals surface area contributed by atoms with Crippen molar-refractivity contribution in [2.45, 2.75) is 0 Å². The molecular weight excluding hydrogens is 416 g/mol. The smallest absolute Gasteiger partial charge is 0.246 e. The number of amides is 1. The number of para-hydroxylation sites is 1. The predicted molar refractivity (Wildman–Crippen MR) is 120 cm³/mol. The monoisotopic (exact) mass is 434 g/mol. The topological polar surface area (TPSA) is 87.2 Å². The van der Waals surface area contributed by atoms with Gasteiger partial charge in [0.2, 0.25) is 5.91 Å². The number of rotatable bonds is 4. The number of aromatic amines is 1. The number of hydrogen-bond acceptors (Lipinski definition) is 6. The zero-order valence-corrected chi connectivity index (χ0v) is 17.3. The van der Waals surface area contributed by atoms with Crippen LogP contribution >= 0.6 is 11.6 Å². The number of piperazine rings is 1. The Labute approximate surface area is 183 Å². The number of carbonyl (C=O) groups excluding carboxylic acids is 1. The van der Waals surface area contributed by atoms with Crippen molar-refractivity contribution >= 4 is 45.1 Å². The van der Waals surface area contributed by atoms with Crippen LogP contribution in [0.1, 0.15) is 0 Å². The van der Waals surface area contributed by atoms with Crippen molar-refractivity contribution in [3.63, 3.8) is 0 Å². The molecule has 4 aromatic rings. The van der Waals surface area contributed by atoms with Crippen molar-refractivity contribution in [1.82, 2.24) is 25.1 Å². The molecule has 1 saturated heterocycles. The summed E-state index contributed by atoms with van der Waals surface area (Å²) in [5, 5.41) is 9.16. The van der Waals surface area contributed by atoms with Crippen LogP contribution in [0, 0.1) is 0 Å². The van der Waals surface area contributed by atoms with Crippen LogP contribution in [0.5, 0.6) is 11.5 Å². The molecule has 0 unspecified atom stereocenters. The lowest BCUT2D eigenvalue weighted by molar-refractivity contribution is -0.126. The Hall–Kier alpha value is -3.65. The number of nitrogens with zero attached hydrogens (tertiary/aromatic N) is 5. The SMILES string of the molecule is C=CC(=O)N1CCN(c2ncnc3c(Oc4c(Cl)ccc5[nH]ncc45)cccc23)CC1. The maximum atomic E-state index is 11.9. The molecule has 2 aromatic heterocycles. The predicted octanol–water partition coefficient (Wildman–Crippen LogP) is 3.79. The van der Waals surface area contributed by atoms with Crippen molar-refractivity contribution in [3.8, 4) is 11.5 Å². The van der Waals surface area contributed by atoms with E-state index in [9.17, 15) is 4.79 Å². The number of benzene rings is 2. The average molecular weight is 435 g/mol. The van der Waals surface area contributed by atoms with E-state index < -0.39 is 0 Å². The molecule has 9 heteroatoms. The first-order chi connectivity index (χ1) is 15.2. The van der Waals surface area contributed by atoms with Crippen LogP contribution in [0.4, 0.5) is 5.82 Å². The van der Waals surface area contributed by atoms with E-state index in [1.807, 2.05) is 24.3 Å². The Kier molecular flexibility index (Phi) is 4.91. The number of H-pyrrole nitrogens is 1. The van der Waals surface area contributed by atoms with Crippen LogP contribution in [0.2, 0.25) is 5.02 Å². The Morgan fingerprint density at radius 1 is 1.13 bits per heavy atom. The minimum atomic E-state index is -0.0480. The maximum Gasteiger partial charge on any atom is 0.246 e. The molecule has 1 amide bonds. The molecule has 1 N–H and O–H groups in total. The lowest BCUT2D eigenvalue weighted by Gasteiger charge is -2.35. The van der Waals surface area contributed by atoms with Crippen LogP contribution < -0.4 is 9.64 Å². The van der Waals surface area contributed by atoms with Crippen molar-refractivity contribution in [1.29, 1.82) is 0 Å². The normalized spacial score (nSPS) is 14.2. The first kappa shape index (κ1) is 19.3. The minimum Gasteiger partial charge on any atom is -0.453 e. The summed E-state index contributed by atoms with van der Waals surface area (Å²) in [4.78, 5) is 24.8. The molecule has 1 fully saturated rings. The molecule has 0 radical (unpaired) electrons. The molecule has 2 aromatic carbocycles. The average Bonchev–Trinajstić information content (AvgIpc) is 3.29. The minimum absolute atomic E-state index is 0.0480.